The molecule has 0 saturated carbocycles. The summed E-state index contributed by atoms with van der Waals surface area (Å²) in [6, 6.07) is 18.4. The van der Waals surface area contributed by atoms with Crippen molar-refractivity contribution in [1.82, 2.24) is 0 Å². The lowest BCUT2D eigenvalue weighted by Crippen LogP contribution is -2.30. The molecule has 0 N–H and O–H groups in total. The van der Waals surface area contributed by atoms with Gasteiger partial charge in [-0.1, -0.05) is 23.7 Å². The lowest BCUT2D eigenvalue weighted by Gasteiger charge is -2.25. The summed E-state index contributed by atoms with van der Waals surface area (Å²) in [7, 11) is -2.36. The lowest BCUT2D eigenvalue weighted by molar-refractivity contribution is 0.415. The molecule has 0 spiro atoms. The first-order valence-corrected chi connectivity index (χ1v) is 9.89. The summed E-state index contributed by atoms with van der Waals surface area (Å²) in [5.74, 6) is 0.180. The maximum absolute atomic E-state index is 13.6. The van der Waals surface area contributed by atoms with Gasteiger partial charge >= 0.3 is 0 Å². The Morgan fingerprint density at radius 3 is 2.26 bits per heavy atom. The van der Waals surface area contributed by atoms with E-state index in [0.29, 0.717) is 22.0 Å². The van der Waals surface area contributed by atoms with Gasteiger partial charge < -0.3 is 4.74 Å². The van der Waals surface area contributed by atoms with Crippen LogP contribution >= 0.6 is 11.6 Å². The molecular formula is C20H17ClFNO3S. The molecule has 0 bridgehead atoms. The van der Waals surface area contributed by atoms with Gasteiger partial charge in [0.2, 0.25) is 0 Å². The smallest absolute Gasteiger partial charge is 0.264 e. The summed E-state index contributed by atoms with van der Waals surface area (Å²) >= 11 is 5.87. The summed E-state index contributed by atoms with van der Waals surface area (Å²) in [6.45, 7) is -0.0188. The summed E-state index contributed by atoms with van der Waals surface area (Å²) in [5, 5.41) is 0.440. The second-order valence-electron chi connectivity index (χ2n) is 5.79. The molecule has 27 heavy (non-hydrogen) atoms. The Morgan fingerprint density at radius 2 is 1.67 bits per heavy atom. The fourth-order valence-corrected chi connectivity index (χ4v) is 4.18. The quantitative estimate of drug-likeness (QED) is 0.587. The number of sulfonamides is 1. The summed E-state index contributed by atoms with van der Waals surface area (Å²) < 4.78 is 46.4. The van der Waals surface area contributed by atoms with Crippen molar-refractivity contribution in [1.29, 1.82) is 0 Å². The highest BCUT2D eigenvalue weighted by molar-refractivity contribution is 7.92. The molecule has 0 atom stereocenters. The first kappa shape index (κ1) is 19.2. The van der Waals surface area contributed by atoms with Gasteiger partial charge in [0.05, 0.1) is 24.2 Å². The predicted octanol–water partition coefficient (Wildman–Crippen LogP) is 4.88. The highest BCUT2D eigenvalue weighted by Crippen LogP contribution is 2.28. The third kappa shape index (κ3) is 4.40. The zero-order valence-electron chi connectivity index (χ0n) is 14.5. The Hall–Kier alpha value is -2.57. The van der Waals surface area contributed by atoms with Crippen LogP contribution in [0.3, 0.4) is 0 Å². The third-order valence-corrected chi connectivity index (χ3v) is 6.02. The molecule has 0 amide bonds. The van der Waals surface area contributed by atoms with Gasteiger partial charge in [0.25, 0.3) is 10.0 Å². The molecular weight excluding hydrogens is 389 g/mol. The average molecular weight is 406 g/mol. The molecule has 0 radical (unpaired) electrons. The van der Waals surface area contributed by atoms with Crippen LogP contribution in [0, 0.1) is 5.82 Å². The zero-order valence-corrected chi connectivity index (χ0v) is 16.0. The molecule has 3 rings (SSSR count). The SMILES string of the molecule is COc1ccc(N(Cc2cccc(F)c2)S(=O)(=O)c2ccc(Cl)cc2)cc1. The minimum absolute atomic E-state index is 0.0188. The van der Waals surface area contributed by atoms with E-state index in [4.69, 9.17) is 16.3 Å². The molecule has 0 saturated heterocycles. The molecule has 140 valence electrons. The number of anilines is 1. The van der Waals surface area contributed by atoms with Gasteiger partial charge in [0.1, 0.15) is 11.6 Å². The third-order valence-electron chi connectivity index (χ3n) is 3.98. The first-order valence-electron chi connectivity index (χ1n) is 8.07. The molecule has 3 aromatic carbocycles. The van der Waals surface area contributed by atoms with Crippen molar-refractivity contribution >= 4 is 27.3 Å². The Labute approximate surface area is 162 Å². The van der Waals surface area contributed by atoms with E-state index in [2.05, 4.69) is 0 Å². The van der Waals surface area contributed by atoms with Crippen molar-refractivity contribution in [3.63, 3.8) is 0 Å². The van der Waals surface area contributed by atoms with E-state index in [1.807, 2.05) is 0 Å². The monoisotopic (exact) mass is 405 g/mol. The Bertz CT molecular complexity index is 1020. The van der Waals surface area contributed by atoms with Crippen LogP contribution in [0.25, 0.3) is 0 Å². The van der Waals surface area contributed by atoms with Crippen molar-refractivity contribution in [2.24, 2.45) is 0 Å². The zero-order chi connectivity index (χ0) is 19.4. The number of benzene rings is 3. The number of methoxy groups -OCH3 is 1. The van der Waals surface area contributed by atoms with E-state index in [0.717, 1.165) is 0 Å². The molecule has 0 fully saturated rings. The van der Waals surface area contributed by atoms with Crippen LogP contribution in [0.2, 0.25) is 5.02 Å². The molecule has 0 aliphatic rings. The Morgan fingerprint density at radius 1 is 1.00 bits per heavy atom. The maximum atomic E-state index is 13.6. The van der Waals surface area contributed by atoms with Crippen LogP contribution in [-0.4, -0.2) is 15.5 Å². The normalized spacial score (nSPS) is 11.2. The molecule has 0 aliphatic carbocycles. The standard InChI is InChI=1S/C20H17ClFNO3S/c1-26-19-9-7-18(8-10-19)23(14-15-3-2-4-17(22)13-15)27(24,25)20-11-5-16(21)6-12-20/h2-13H,14H2,1H3. The fourth-order valence-electron chi connectivity index (χ4n) is 2.60. The lowest BCUT2D eigenvalue weighted by atomic mass is 10.2. The maximum Gasteiger partial charge on any atom is 0.264 e. The number of nitrogens with zero attached hydrogens (tertiary/aromatic N) is 1. The number of rotatable bonds is 6. The van der Waals surface area contributed by atoms with E-state index >= 15 is 0 Å². The second-order valence-corrected chi connectivity index (χ2v) is 8.09. The van der Waals surface area contributed by atoms with Gasteiger partial charge in [-0.05, 0) is 66.2 Å². The van der Waals surface area contributed by atoms with E-state index in [9.17, 15) is 12.8 Å². The Balaban J connectivity index is 2.06. The van der Waals surface area contributed by atoms with Crippen molar-refractivity contribution < 1.29 is 17.5 Å². The van der Waals surface area contributed by atoms with Crippen molar-refractivity contribution in [3.05, 3.63) is 89.2 Å². The number of halogens is 2. The molecule has 0 heterocycles. The Kier molecular flexibility index (Phi) is 5.68. The molecule has 0 aromatic heterocycles. The molecule has 7 heteroatoms. The average Bonchev–Trinajstić information content (AvgIpc) is 2.66. The molecule has 3 aromatic rings. The highest BCUT2D eigenvalue weighted by Gasteiger charge is 2.25. The van der Waals surface area contributed by atoms with Crippen molar-refractivity contribution in [2.75, 3.05) is 11.4 Å². The van der Waals surface area contributed by atoms with Gasteiger partial charge in [-0.3, -0.25) is 4.31 Å². The molecule has 0 unspecified atom stereocenters. The minimum atomic E-state index is -3.89. The summed E-state index contributed by atoms with van der Waals surface area (Å²) in [5.41, 5.74) is 0.971. The van der Waals surface area contributed by atoms with Crippen molar-refractivity contribution in [3.8, 4) is 5.75 Å². The number of hydrogen-bond acceptors (Lipinski definition) is 3. The van der Waals surface area contributed by atoms with Crippen LogP contribution in [0.5, 0.6) is 5.75 Å². The van der Waals surface area contributed by atoms with E-state index in [-0.39, 0.29) is 11.4 Å². The van der Waals surface area contributed by atoms with Gasteiger partial charge in [-0.2, -0.15) is 0 Å². The first-order chi connectivity index (χ1) is 12.9. The number of ether oxygens (including phenoxy) is 1. The van der Waals surface area contributed by atoms with Crippen LogP contribution in [0.15, 0.2) is 77.7 Å². The molecule has 4 nitrogen and oxygen atoms in total. The van der Waals surface area contributed by atoms with Crippen LogP contribution in [-0.2, 0) is 16.6 Å². The summed E-state index contributed by atoms with van der Waals surface area (Å²) in [4.78, 5) is 0.0964. The minimum Gasteiger partial charge on any atom is -0.497 e. The predicted molar refractivity (Wildman–Crippen MR) is 104 cm³/mol. The largest absolute Gasteiger partial charge is 0.497 e. The van der Waals surface area contributed by atoms with Gasteiger partial charge in [-0.15, -0.1) is 0 Å². The van der Waals surface area contributed by atoms with E-state index < -0.39 is 15.8 Å². The van der Waals surface area contributed by atoms with Crippen molar-refractivity contribution in [2.45, 2.75) is 11.4 Å². The van der Waals surface area contributed by atoms with Gasteiger partial charge in [-0.25, -0.2) is 12.8 Å². The van der Waals surface area contributed by atoms with Crippen LogP contribution < -0.4 is 9.04 Å². The van der Waals surface area contributed by atoms with E-state index in [1.54, 1.807) is 36.4 Å². The van der Waals surface area contributed by atoms with Gasteiger partial charge in [0.15, 0.2) is 0 Å². The topological polar surface area (TPSA) is 46.6 Å². The van der Waals surface area contributed by atoms with Crippen LogP contribution in [0.1, 0.15) is 5.56 Å². The number of hydrogen-bond donors (Lipinski definition) is 0. The highest BCUT2D eigenvalue weighted by atomic mass is 35.5. The summed E-state index contributed by atoms with van der Waals surface area (Å²) in [6.07, 6.45) is 0. The fraction of sp³-hybridized carbons (Fsp3) is 0.100. The van der Waals surface area contributed by atoms with Crippen LogP contribution in [0.4, 0.5) is 10.1 Å². The second kappa shape index (κ2) is 7.98. The molecule has 0 aliphatic heterocycles. The van der Waals surface area contributed by atoms with E-state index in [1.165, 1.54) is 47.8 Å². The van der Waals surface area contributed by atoms with Gasteiger partial charge in [0, 0.05) is 5.02 Å².